The highest BCUT2D eigenvalue weighted by Gasteiger charge is 2.40. The summed E-state index contributed by atoms with van der Waals surface area (Å²) in [5, 5.41) is 4.68. The maximum atomic E-state index is 7.03. The summed E-state index contributed by atoms with van der Waals surface area (Å²) >= 11 is 0. The minimum atomic E-state index is -0.258. The van der Waals surface area contributed by atoms with Crippen molar-refractivity contribution in [3.63, 3.8) is 0 Å². The van der Waals surface area contributed by atoms with E-state index in [-0.39, 0.29) is 13.4 Å². The molecule has 7 nitrogen and oxygen atoms in total. The van der Waals surface area contributed by atoms with Crippen LogP contribution in [0.15, 0.2) is 261 Å². The molecule has 2 aliphatic rings. The SMILES string of the molecule is c1ccc(-c2nc(-c3ccccc3)nc(-c3cccc4c5ccccc5n(-c5ccccc5B5c6ccccc6Oc6cc7c(cc65)B(c5ccccc5-n5c6ccccc6c6ccccc65)c5ccccc5O7)c34)n2)cc1. The van der Waals surface area contributed by atoms with Crippen molar-refractivity contribution in [1.82, 2.24) is 24.1 Å². The number of nitrogens with zero attached hydrogens (tertiary/aromatic N) is 5. The smallest absolute Gasteiger partial charge is 0.253 e. The molecule has 0 fully saturated rings. The average Bonchev–Trinajstić information content (AvgIpc) is 4.22. The highest BCUT2D eigenvalue weighted by molar-refractivity contribution is 7.00. The predicted molar refractivity (Wildman–Crippen MR) is 320 cm³/mol. The van der Waals surface area contributed by atoms with Crippen LogP contribution in [0.2, 0.25) is 0 Å². The third kappa shape index (κ3) is 6.84. The number of hydrogen-bond donors (Lipinski definition) is 0. The molecule has 0 amide bonds. The van der Waals surface area contributed by atoms with Crippen LogP contribution in [0.5, 0.6) is 23.0 Å². The lowest BCUT2D eigenvalue weighted by Crippen LogP contribution is -2.60. The van der Waals surface area contributed by atoms with E-state index in [2.05, 4.69) is 234 Å². The lowest BCUT2D eigenvalue weighted by Gasteiger charge is -2.33. The van der Waals surface area contributed by atoms with Gasteiger partial charge in [0.25, 0.3) is 13.4 Å². The van der Waals surface area contributed by atoms with Gasteiger partial charge in [-0.25, -0.2) is 15.0 Å². The van der Waals surface area contributed by atoms with Crippen LogP contribution in [0, 0.1) is 0 Å². The van der Waals surface area contributed by atoms with Crippen LogP contribution >= 0.6 is 0 Å². The Morgan fingerprint density at radius 1 is 0.282 bits per heavy atom. The molecule has 0 bridgehead atoms. The lowest BCUT2D eigenvalue weighted by atomic mass is 9.32. The van der Waals surface area contributed by atoms with E-state index in [1.807, 2.05) is 36.4 Å². The van der Waals surface area contributed by atoms with Crippen LogP contribution < -0.4 is 42.3 Å². The summed E-state index contributed by atoms with van der Waals surface area (Å²) < 4.78 is 18.9. The topological polar surface area (TPSA) is 67.0 Å². The fourth-order valence-corrected chi connectivity index (χ4v) is 12.5. The van der Waals surface area contributed by atoms with Crippen LogP contribution in [0.1, 0.15) is 0 Å². The molecular formula is C69H43B2N5O2. The molecule has 0 N–H and O–H groups in total. The highest BCUT2D eigenvalue weighted by atomic mass is 16.5. The zero-order chi connectivity index (χ0) is 51.3. The van der Waals surface area contributed by atoms with Gasteiger partial charge in [0.2, 0.25) is 0 Å². The maximum Gasteiger partial charge on any atom is 0.253 e. The van der Waals surface area contributed by atoms with Crippen molar-refractivity contribution >= 4 is 89.8 Å². The maximum absolute atomic E-state index is 7.03. The van der Waals surface area contributed by atoms with Crippen molar-refractivity contribution in [1.29, 1.82) is 0 Å². The van der Waals surface area contributed by atoms with Crippen LogP contribution in [-0.2, 0) is 0 Å². The van der Waals surface area contributed by atoms with E-state index in [1.54, 1.807) is 0 Å². The van der Waals surface area contributed by atoms with Gasteiger partial charge in [-0.2, -0.15) is 0 Å². The molecule has 0 aliphatic carbocycles. The zero-order valence-corrected chi connectivity index (χ0v) is 42.0. The monoisotopic (exact) mass is 995 g/mol. The van der Waals surface area contributed by atoms with Gasteiger partial charge in [-0.15, -0.1) is 0 Å². The molecule has 11 aromatic carbocycles. The second-order valence-electron chi connectivity index (χ2n) is 20.2. The normalized spacial score (nSPS) is 12.5. The molecule has 78 heavy (non-hydrogen) atoms. The molecule has 0 spiro atoms. The first-order chi connectivity index (χ1) is 38.7. The van der Waals surface area contributed by atoms with Crippen molar-refractivity contribution in [2.45, 2.75) is 0 Å². The fraction of sp³-hybridized carbons (Fsp3) is 0. The molecule has 9 heteroatoms. The molecule has 14 aromatic rings. The summed E-state index contributed by atoms with van der Waals surface area (Å²) in [5.41, 5.74) is 15.9. The van der Waals surface area contributed by atoms with Crippen LogP contribution in [0.4, 0.5) is 0 Å². The largest absolute Gasteiger partial charge is 0.458 e. The number of benzene rings is 11. The summed E-state index contributed by atoms with van der Waals surface area (Å²) in [7, 11) is 0. The molecule has 0 saturated heterocycles. The molecule has 3 aromatic heterocycles. The van der Waals surface area contributed by atoms with Crippen LogP contribution in [-0.4, -0.2) is 37.5 Å². The van der Waals surface area contributed by atoms with Crippen LogP contribution in [0.25, 0.3) is 89.2 Å². The molecule has 2 aliphatic heterocycles. The number of ether oxygens (including phenoxy) is 2. The van der Waals surface area contributed by atoms with E-state index in [4.69, 9.17) is 24.4 Å². The Labute approximate surface area is 450 Å². The van der Waals surface area contributed by atoms with Crippen molar-refractivity contribution in [2.75, 3.05) is 0 Å². The molecular weight excluding hydrogens is 952 g/mol. The number of hydrogen-bond acceptors (Lipinski definition) is 5. The van der Waals surface area contributed by atoms with Gasteiger partial charge in [-0.1, -0.05) is 206 Å². The first-order valence-corrected chi connectivity index (χ1v) is 26.5. The van der Waals surface area contributed by atoms with E-state index < -0.39 is 0 Å². The molecule has 0 unspecified atom stereocenters. The quantitative estimate of drug-likeness (QED) is 0.149. The molecule has 0 atom stereocenters. The Morgan fingerprint density at radius 2 is 0.679 bits per heavy atom. The Kier molecular flexibility index (Phi) is 10.00. The predicted octanol–water partition coefficient (Wildman–Crippen LogP) is 12.3. The van der Waals surface area contributed by atoms with E-state index in [0.717, 1.165) is 111 Å². The van der Waals surface area contributed by atoms with Crippen molar-refractivity contribution in [2.24, 2.45) is 0 Å². The summed E-state index contributed by atoms with van der Waals surface area (Å²) in [6.07, 6.45) is 0. The van der Waals surface area contributed by atoms with E-state index in [9.17, 15) is 0 Å². The first kappa shape index (κ1) is 44.1. The Hall–Kier alpha value is -10.2. The van der Waals surface area contributed by atoms with Crippen molar-refractivity contribution < 1.29 is 9.47 Å². The minimum absolute atomic E-state index is 0.193. The molecule has 5 heterocycles. The van der Waals surface area contributed by atoms with E-state index in [1.165, 1.54) is 16.2 Å². The van der Waals surface area contributed by atoms with Crippen molar-refractivity contribution in [3.8, 4) is 68.5 Å². The van der Waals surface area contributed by atoms with Gasteiger partial charge in [0, 0.05) is 55.7 Å². The number of rotatable bonds is 7. The summed E-state index contributed by atoms with van der Waals surface area (Å²) in [6, 6.07) is 92.3. The summed E-state index contributed by atoms with van der Waals surface area (Å²) in [6.45, 7) is -0.451. The Balaban J connectivity index is 0.930. The third-order valence-corrected chi connectivity index (χ3v) is 15.9. The van der Waals surface area contributed by atoms with Crippen LogP contribution in [0.3, 0.4) is 0 Å². The van der Waals surface area contributed by atoms with E-state index >= 15 is 0 Å². The third-order valence-electron chi connectivity index (χ3n) is 15.9. The minimum Gasteiger partial charge on any atom is -0.458 e. The van der Waals surface area contributed by atoms with Gasteiger partial charge in [-0.05, 0) is 81.3 Å². The molecule has 0 radical (unpaired) electrons. The Morgan fingerprint density at radius 3 is 1.22 bits per heavy atom. The second kappa shape index (κ2) is 17.7. The molecule has 16 rings (SSSR count). The second-order valence-corrected chi connectivity index (χ2v) is 20.2. The standard InChI is InChI=1S/C69H43B2N5O2/c1-3-22-44(23-4-1)67-72-68(45-24-5-2-6-25-45)74-69(73-67)50-30-21-29-49-48-28-9-16-37-59(48)76(66(49)50)61-39-18-11-32-52(61)71-54-34-13-20-41-63(54)78-65-43-64-55(42-56(65)71)70(53-33-12-19-40-62(53)77-64)51-31-10-17-38-60(51)75-57-35-14-7-26-46(57)47-27-8-15-36-58(47)75/h1-43H. The molecule has 362 valence electrons. The van der Waals surface area contributed by atoms with Gasteiger partial charge in [0.1, 0.15) is 23.0 Å². The van der Waals surface area contributed by atoms with E-state index in [0.29, 0.717) is 17.5 Å². The summed E-state index contributed by atoms with van der Waals surface area (Å²) in [4.78, 5) is 15.7. The number of aromatic nitrogens is 5. The van der Waals surface area contributed by atoms with Gasteiger partial charge in [0.15, 0.2) is 17.5 Å². The lowest BCUT2D eigenvalue weighted by molar-refractivity contribution is 0.465. The first-order valence-electron chi connectivity index (χ1n) is 26.5. The average molecular weight is 996 g/mol. The number of fused-ring (bicyclic) bond motifs is 10. The number of para-hydroxylation sites is 8. The zero-order valence-electron chi connectivity index (χ0n) is 42.0. The van der Waals surface area contributed by atoms with Gasteiger partial charge < -0.3 is 18.6 Å². The van der Waals surface area contributed by atoms with Gasteiger partial charge in [0.05, 0.1) is 22.1 Å². The fourth-order valence-electron chi connectivity index (χ4n) is 12.5. The highest BCUT2D eigenvalue weighted by Crippen LogP contribution is 2.40. The van der Waals surface area contributed by atoms with Crippen molar-refractivity contribution in [3.05, 3.63) is 261 Å². The van der Waals surface area contributed by atoms with Gasteiger partial charge in [-0.3, -0.25) is 0 Å². The Bertz CT molecular complexity index is 4620. The molecule has 0 saturated carbocycles. The van der Waals surface area contributed by atoms with Gasteiger partial charge >= 0.3 is 0 Å². The summed E-state index contributed by atoms with van der Waals surface area (Å²) in [5.74, 6) is 4.99.